The van der Waals surface area contributed by atoms with Crippen molar-refractivity contribution >= 4 is 15.7 Å². The quantitative estimate of drug-likeness (QED) is 0.439. The van der Waals surface area contributed by atoms with Gasteiger partial charge in [-0.2, -0.15) is 13.7 Å². The maximum absolute atomic E-state index is 12.0. The Morgan fingerprint density at radius 3 is 2.40 bits per heavy atom. The van der Waals surface area contributed by atoms with Gasteiger partial charge in [0.05, 0.1) is 15.9 Å². The van der Waals surface area contributed by atoms with Gasteiger partial charge in [0.15, 0.2) is 11.6 Å². The Kier molecular flexibility index (Phi) is 4.21. The number of nitro groups is 2. The van der Waals surface area contributed by atoms with Gasteiger partial charge < -0.3 is 0 Å². The molecule has 0 aliphatic carbocycles. The average molecular weight is 300 g/mol. The van der Waals surface area contributed by atoms with Gasteiger partial charge in [-0.05, 0) is 13.0 Å². The van der Waals surface area contributed by atoms with Crippen molar-refractivity contribution in [2.45, 2.75) is 11.8 Å². The molecule has 0 radical (unpaired) electrons. The number of hydrogen-bond donors (Lipinski definition) is 0. The number of sulfonamides is 1. The van der Waals surface area contributed by atoms with E-state index in [1.807, 2.05) is 0 Å². The van der Waals surface area contributed by atoms with Crippen molar-refractivity contribution in [3.63, 3.8) is 0 Å². The zero-order valence-electron chi connectivity index (χ0n) is 10.1. The number of nitrogens with zero attached hydrogens (tertiary/aromatic N) is 4. The van der Waals surface area contributed by atoms with E-state index in [9.17, 15) is 28.6 Å². The molecule has 1 aromatic rings. The SMILES string of the molecule is Cc1ccc(S(=O)(=O)N(CC#N)[N+](=O)[O-])cc1[N+](=O)[O-]. The minimum atomic E-state index is -4.63. The summed E-state index contributed by atoms with van der Waals surface area (Å²) in [5, 5.41) is 28.6. The third kappa shape index (κ3) is 2.81. The predicted molar refractivity (Wildman–Crippen MR) is 64.3 cm³/mol. The second-order valence-electron chi connectivity index (χ2n) is 3.59. The molecule has 0 N–H and O–H groups in total. The molecule has 0 saturated carbocycles. The Hall–Kier alpha value is -2.74. The summed E-state index contributed by atoms with van der Waals surface area (Å²) in [6, 6.07) is 4.23. The van der Waals surface area contributed by atoms with Crippen LogP contribution in [0.5, 0.6) is 0 Å². The number of hydrazine groups is 1. The molecule has 0 saturated heterocycles. The Morgan fingerprint density at radius 1 is 1.35 bits per heavy atom. The molecule has 0 aromatic heterocycles. The van der Waals surface area contributed by atoms with E-state index in [1.54, 1.807) is 0 Å². The summed E-state index contributed by atoms with van der Waals surface area (Å²) in [5.41, 5.74) is -0.270. The lowest BCUT2D eigenvalue weighted by Gasteiger charge is -2.11. The second kappa shape index (κ2) is 5.49. The maximum Gasteiger partial charge on any atom is 0.314 e. The fourth-order valence-corrected chi connectivity index (χ4v) is 2.51. The minimum Gasteiger partial charge on any atom is -0.258 e. The van der Waals surface area contributed by atoms with Crippen LogP contribution in [0, 0.1) is 38.5 Å². The van der Waals surface area contributed by atoms with Crippen LogP contribution in [-0.4, -0.2) is 29.3 Å². The molecular formula is C9H8N4O6S. The summed E-state index contributed by atoms with van der Waals surface area (Å²) >= 11 is 0. The lowest BCUT2D eigenvalue weighted by molar-refractivity contribution is -0.617. The first-order valence-electron chi connectivity index (χ1n) is 5.01. The van der Waals surface area contributed by atoms with Gasteiger partial charge in [-0.1, -0.05) is 6.07 Å². The van der Waals surface area contributed by atoms with E-state index in [2.05, 4.69) is 0 Å². The monoisotopic (exact) mass is 300 g/mol. The van der Waals surface area contributed by atoms with E-state index in [-0.39, 0.29) is 9.98 Å². The van der Waals surface area contributed by atoms with Gasteiger partial charge in [0.1, 0.15) is 0 Å². The van der Waals surface area contributed by atoms with Crippen LogP contribution in [0.3, 0.4) is 0 Å². The number of aryl methyl sites for hydroxylation is 1. The zero-order chi connectivity index (χ0) is 15.5. The smallest absolute Gasteiger partial charge is 0.258 e. The molecule has 106 valence electrons. The van der Waals surface area contributed by atoms with E-state index in [1.165, 1.54) is 13.0 Å². The summed E-state index contributed by atoms with van der Waals surface area (Å²) in [4.78, 5) is 20.0. The van der Waals surface area contributed by atoms with Gasteiger partial charge in [0.2, 0.25) is 0 Å². The van der Waals surface area contributed by atoms with Gasteiger partial charge in [0.25, 0.3) is 5.69 Å². The van der Waals surface area contributed by atoms with Crippen LogP contribution in [-0.2, 0) is 10.0 Å². The molecule has 0 unspecified atom stereocenters. The summed E-state index contributed by atoms with van der Waals surface area (Å²) in [7, 11) is -4.63. The molecule has 0 heterocycles. The first-order chi connectivity index (χ1) is 9.21. The number of nitro benzene ring substituents is 1. The van der Waals surface area contributed by atoms with Crippen molar-refractivity contribution in [1.29, 1.82) is 5.26 Å². The van der Waals surface area contributed by atoms with Crippen molar-refractivity contribution in [3.8, 4) is 6.07 Å². The van der Waals surface area contributed by atoms with E-state index >= 15 is 0 Å². The molecule has 0 fully saturated rings. The normalized spacial score (nSPS) is 10.6. The van der Waals surface area contributed by atoms with E-state index in [4.69, 9.17) is 5.26 Å². The Labute approximate surface area is 113 Å². The highest BCUT2D eigenvalue weighted by Gasteiger charge is 2.34. The van der Waals surface area contributed by atoms with Gasteiger partial charge >= 0.3 is 10.0 Å². The Bertz CT molecular complexity index is 708. The maximum atomic E-state index is 12.0. The standard InChI is InChI=1S/C9H8N4O6S/c1-7-2-3-8(6-9(7)12(14)15)20(18,19)11(5-4-10)13(16)17/h2-3,6H,5H2,1H3. The van der Waals surface area contributed by atoms with Crippen LogP contribution in [0.25, 0.3) is 0 Å². The fourth-order valence-electron chi connectivity index (χ4n) is 1.36. The summed E-state index contributed by atoms with van der Waals surface area (Å²) in [5.74, 6) is 0. The lowest BCUT2D eigenvalue weighted by atomic mass is 10.2. The van der Waals surface area contributed by atoms with Crippen molar-refractivity contribution in [2.24, 2.45) is 0 Å². The van der Waals surface area contributed by atoms with E-state index < -0.39 is 37.1 Å². The summed E-state index contributed by atoms with van der Waals surface area (Å²) in [6.07, 6.45) is 0. The molecule has 0 amide bonds. The highest BCUT2D eigenvalue weighted by Crippen LogP contribution is 2.24. The van der Waals surface area contributed by atoms with Gasteiger partial charge in [-0.25, -0.2) is 10.1 Å². The number of nitriles is 1. The predicted octanol–water partition coefficient (Wildman–Crippen LogP) is 0.609. The molecule has 0 atom stereocenters. The fraction of sp³-hybridized carbons (Fsp3) is 0.222. The molecule has 20 heavy (non-hydrogen) atoms. The van der Waals surface area contributed by atoms with Crippen LogP contribution < -0.4 is 0 Å². The average Bonchev–Trinajstić information content (AvgIpc) is 2.35. The van der Waals surface area contributed by atoms with E-state index in [0.29, 0.717) is 0 Å². The zero-order valence-corrected chi connectivity index (χ0v) is 10.9. The molecule has 0 spiro atoms. The number of rotatable bonds is 5. The molecule has 11 heteroatoms. The Balaban J connectivity index is 3.43. The van der Waals surface area contributed by atoms with Crippen molar-refractivity contribution in [1.82, 2.24) is 4.41 Å². The van der Waals surface area contributed by atoms with Crippen LogP contribution in [0.4, 0.5) is 5.69 Å². The molecule has 0 aliphatic heterocycles. The summed E-state index contributed by atoms with van der Waals surface area (Å²) < 4.78 is 23.6. The third-order valence-electron chi connectivity index (χ3n) is 2.34. The minimum absolute atomic E-state index is 0.210. The van der Waals surface area contributed by atoms with Gasteiger partial charge in [-0.3, -0.25) is 10.1 Å². The van der Waals surface area contributed by atoms with Crippen LogP contribution in [0.15, 0.2) is 23.1 Å². The molecule has 0 bridgehead atoms. The largest absolute Gasteiger partial charge is 0.314 e. The highest BCUT2D eigenvalue weighted by molar-refractivity contribution is 7.89. The lowest BCUT2D eigenvalue weighted by Crippen LogP contribution is -2.36. The van der Waals surface area contributed by atoms with Crippen molar-refractivity contribution < 1.29 is 18.4 Å². The van der Waals surface area contributed by atoms with Crippen LogP contribution >= 0.6 is 0 Å². The highest BCUT2D eigenvalue weighted by atomic mass is 32.2. The van der Waals surface area contributed by atoms with Gasteiger partial charge in [-0.15, -0.1) is 0 Å². The van der Waals surface area contributed by atoms with Gasteiger partial charge in [0, 0.05) is 16.0 Å². The second-order valence-corrected chi connectivity index (χ2v) is 5.43. The molecule has 1 rings (SSSR count). The molecular weight excluding hydrogens is 292 g/mol. The topological polar surface area (TPSA) is 147 Å². The van der Waals surface area contributed by atoms with Crippen molar-refractivity contribution in [3.05, 3.63) is 44.0 Å². The first-order valence-corrected chi connectivity index (χ1v) is 6.45. The molecule has 1 aromatic carbocycles. The van der Waals surface area contributed by atoms with Crippen LogP contribution in [0.2, 0.25) is 0 Å². The van der Waals surface area contributed by atoms with E-state index in [0.717, 1.165) is 18.2 Å². The van der Waals surface area contributed by atoms with Crippen molar-refractivity contribution in [2.75, 3.05) is 6.54 Å². The number of benzene rings is 1. The first kappa shape index (κ1) is 15.3. The molecule has 0 aliphatic rings. The third-order valence-corrected chi connectivity index (χ3v) is 4.01. The van der Waals surface area contributed by atoms with Crippen LogP contribution in [0.1, 0.15) is 5.56 Å². The molecule has 10 nitrogen and oxygen atoms in total. The number of hydrogen-bond acceptors (Lipinski definition) is 7. The Morgan fingerprint density at radius 2 is 1.95 bits per heavy atom. The summed E-state index contributed by atoms with van der Waals surface area (Å²) in [6.45, 7) is 0.395.